The predicted octanol–water partition coefficient (Wildman–Crippen LogP) is 2.88. The van der Waals surface area contributed by atoms with E-state index in [1.807, 2.05) is 26.0 Å². The highest BCUT2D eigenvalue weighted by Gasteiger charge is 2.19. The van der Waals surface area contributed by atoms with Gasteiger partial charge in [0.1, 0.15) is 12.4 Å². The van der Waals surface area contributed by atoms with Gasteiger partial charge in [-0.3, -0.25) is 0 Å². The third-order valence-electron chi connectivity index (χ3n) is 5.24. The van der Waals surface area contributed by atoms with Crippen molar-refractivity contribution in [3.8, 4) is 5.75 Å². The van der Waals surface area contributed by atoms with Crippen molar-refractivity contribution < 1.29 is 14.3 Å². The first-order valence-electron chi connectivity index (χ1n) is 10.4. The van der Waals surface area contributed by atoms with E-state index in [2.05, 4.69) is 0 Å². The van der Waals surface area contributed by atoms with E-state index in [0.717, 1.165) is 30.7 Å². The third kappa shape index (κ3) is 6.25. The highest BCUT2D eigenvalue weighted by Crippen LogP contribution is 2.27. The van der Waals surface area contributed by atoms with E-state index in [-0.39, 0.29) is 12.7 Å². The van der Waals surface area contributed by atoms with Crippen molar-refractivity contribution in [2.75, 3.05) is 27.2 Å². The minimum atomic E-state index is -0.432. The van der Waals surface area contributed by atoms with Crippen LogP contribution in [0.4, 0.5) is 4.79 Å². The van der Waals surface area contributed by atoms with Crippen molar-refractivity contribution in [1.29, 1.82) is 0 Å². The maximum atomic E-state index is 11.9. The molecule has 0 radical (unpaired) electrons. The van der Waals surface area contributed by atoms with Crippen molar-refractivity contribution >= 4 is 11.8 Å². The van der Waals surface area contributed by atoms with E-state index < -0.39 is 6.09 Å². The summed E-state index contributed by atoms with van der Waals surface area (Å²) in [5, 5.41) is 1.36. The summed E-state index contributed by atoms with van der Waals surface area (Å²) in [6.45, 7) is 4.42. The number of hydrogen-bond acceptors (Lipinski definition) is 7. The molecule has 0 spiro atoms. The highest BCUT2D eigenvalue weighted by molar-refractivity contribution is 5.68. The highest BCUT2D eigenvalue weighted by atomic mass is 16.6. The van der Waals surface area contributed by atoms with Crippen LogP contribution in [0.15, 0.2) is 17.8 Å². The van der Waals surface area contributed by atoms with E-state index in [4.69, 9.17) is 26.0 Å². The number of hydrogen-bond donors (Lipinski definition) is 2. The molecule has 0 unspecified atom stereocenters. The summed E-state index contributed by atoms with van der Waals surface area (Å²) in [6.07, 6.45) is 6.45. The molecule has 8 nitrogen and oxygen atoms in total. The number of pyridine rings is 1. The summed E-state index contributed by atoms with van der Waals surface area (Å²) >= 11 is 0. The molecule has 1 saturated carbocycles. The molecule has 0 saturated heterocycles. The topological polar surface area (TPSA) is 107 Å². The number of carbonyl (C=O) groups excluding carboxylic acids is 1. The normalized spacial score (nSPS) is 15.5. The van der Waals surface area contributed by atoms with Crippen LogP contribution in [0.5, 0.6) is 5.75 Å². The molecular formula is C21H35N5O3. The number of nitrogens with two attached hydrogens (primary N) is 2. The van der Waals surface area contributed by atoms with Crippen molar-refractivity contribution in [3.05, 3.63) is 29.2 Å². The Hall–Kier alpha value is -2.48. The van der Waals surface area contributed by atoms with Gasteiger partial charge in [-0.25, -0.2) is 15.6 Å². The van der Waals surface area contributed by atoms with Crippen LogP contribution in [-0.2, 0) is 11.2 Å². The molecule has 1 fully saturated rings. The molecule has 0 aromatic carbocycles. The fraction of sp³-hybridized carbons (Fsp3) is 0.619. The van der Waals surface area contributed by atoms with Crippen LogP contribution in [0.25, 0.3) is 5.70 Å². The minimum absolute atomic E-state index is 0.0362. The van der Waals surface area contributed by atoms with Crippen molar-refractivity contribution in [2.45, 2.75) is 58.5 Å². The van der Waals surface area contributed by atoms with Crippen LogP contribution >= 0.6 is 0 Å². The van der Waals surface area contributed by atoms with E-state index >= 15 is 0 Å². The maximum absolute atomic E-state index is 11.9. The first-order chi connectivity index (χ1) is 13.9. The molecule has 1 aliphatic rings. The van der Waals surface area contributed by atoms with Gasteiger partial charge < -0.3 is 25.1 Å². The average Bonchev–Trinajstić information content (AvgIpc) is 2.73. The Morgan fingerprint density at radius 2 is 1.90 bits per heavy atom. The number of aryl methyl sites for hydroxylation is 1. The van der Waals surface area contributed by atoms with Gasteiger partial charge in [-0.15, -0.1) is 0 Å². The molecular weight excluding hydrogens is 370 g/mol. The number of carbonyl (C=O) groups is 1. The molecule has 1 aliphatic carbocycles. The van der Waals surface area contributed by atoms with E-state index in [0.29, 0.717) is 23.6 Å². The second-order valence-electron chi connectivity index (χ2n) is 7.41. The first-order valence-corrected chi connectivity index (χ1v) is 10.4. The zero-order valence-corrected chi connectivity index (χ0v) is 18.1. The lowest BCUT2D eigenvalue weighted by atomic mass is 9.98. The van der Waals surface area contributed by atoms with Gasteiger partial charge in [-0.1, -0.05) is 13.3 Å². The van der Waals surface area contributed by atoms with Crippen LogP contribution in [0.3, 0.4) is 0 Å². The van der Waals surface area contributed by atoms with Crippen molar-refractivity contribution in [1.82, 2.24) is 14.9 Å². The second-order valence-corrected chi connectivity index (χ2v) is 7.41. The predicted molar refractivity (Wildman–Crippen MR) is 114 cm³/mol. The number of ether oxygens (including phenoxy) is 2. The van der Waals surface area contributed by atoms with Gasteiger partial charge >= 0.3 is 6.09 Å². The summed E-state index contributed by atoms with van der Waals surface area (Å²) in [7, 11) is 3.32. The maximum Gasteiger partial charge on any atom is 0.409 e. The van der Waals surface area contributed by atoms with Gasteiger partial charge in [0.2, 0.25) is 0 Å². The molecule has 0 aliphatic heterocycles. The number of rotatable bonds is 8. The summed E-state index contributed by atoms with van der Waals surface area (Å²) in [6, 6.07) is 3.75. The summed E-state index contributed by atoms with van der Waals surface area (Å²) in [4.78, 5) is 18.1. The zero-order chi connectivity index (χ0) is 21.4. The largest absolute Gasteiger partial charge is 0.489 e. The second kappa shape index (κ2) is 10.9. The molecule has 1 heterocycles. The Bertz CT molecular complexity index is 714. The molecule has 1 amide bonds. The summed E-state index contributed by atoms with van der Waals surface area (Å²) < 4.78 is 11.5. The smallest absolute Gasteiger partial charge is 0.409 e. The summed E-state index contributed by atoms with van der Waals surface area (Å²) in [5.74, 6) is 6.75. The monoisotopic (exact) mass is 405 g/mol. The molecule has 0 atom stereocenters. The molecule has 29 heavy (non-hydrogen) atoms. The lowest BCUT2D eigenvalue weighted by Crippen LogP contribution is -2.33. The van der Waals surface area contributed by atoms with Crippen molar-refractivity contribution in [3.63, 3.8) is 0 Å². The van der Waals surface area contributed by atoms with Gasteiger partial charge in [0.25, 0.3) is 0 Å². The fourth-order valence-corrected chi connectivity index (χ4v) is 3.25. The first kappa shape index (κ1) is 22.8. The molecule has 8 heteroatoms. The Morgan fingerprint density at radius 3 is 2.48 bits per heavy atom. The van der Waals surface area contributed by atoms with E-state index in [9.17, 15) is 4.79 Å². The van der Waals surface area contributed by atoms with Gasteiger partial charge in [0.15, 0.2) is 0 Å². The van der Waals surface area contributed by atoms with Crippen LogP contribution in [0.1, 0.15) is 57.3 Å². The number of aromatic nitrogens is 1. The van der Waals surface area contributed by atoms with Gasteiger partial charge in [0.05, 0.1) is 28.9 Å². The molecule has 1 aromatic heterocycles. The Balaban J connectivity index is 2.20. The van der Waals surface area contributed by atoms with Crippen LogP contribution < -0.4 is 16.3 Å². The lowest BCUT2D eigenvalue weighted by molar-refractivity contribution is 0.115. The standard InChI is InChI=1S/C21H35N5O3/c1-5-16-19(29-15-10-8-7-9-11-15)13-12-17(24-16)20(22)18(26(4)23)14-28-21(27)25(3)6-2/h12-13,15H,5-11,14,22-23H2,1-4H3/b20-18-. The Labute approximate surface area is 173 Å². The molecule has 2 rings (SSSR count). The van der Waals surface area contributed by atoms with Crippen LogP contribution in [-0.4, -0.2) is 54.3 Å². The fourth-order valence-electron chi connectivity index (χ4n) is 3.25. The number of likely N-dealkylation sites (N-methyl/N-ethyl adjacent to an activating group) is 1. The van der Waals surface area contributed by atoms with Gasteiger partial charge in [-0.2, -0.15) is 0 Å². The van der Waals surface area contributed by atoms with E-state index in [1.165, 1.54) is 29.2 Å². The average molecular weight is 406 g/mol. The van der Waals surface area contributed by atoms with Crippen molar-refractivity contribution in [2.24, 2.45) is 11.6 Å². The number of hydrazine groups is 1. The van der Waals surface area contributed by atoms with Gasteiger partial charge in [-0.05, 0) is 51.2 Å². The van der Waals surface area contributed by atoms with Crippen LogP contribution in [0.2, 0.25) is 0 Å². The van der Waals surface area contributed by atoms with Crippen LogP contribution in [0, 0.1) is 0 Å². The quantitative estimate of drug-likeness (QED) is 0.506. The number of amides is 1. The third-order valence-corrected chi connectivity index (χ3v) is 5.24. The molecule has 1 aromatic rings. The Morgan fingerprint density at radius 1 is 1.21 bits per heavy atom. The molecule has 4 N–H and O–H groups in total. The SMILES string of the molecule is CCc1nc(/C(N)=C(\COC(=O)N(C)CC)N(C)N)ccc1OC1CCCCC1. The number of nitrogens with zero attached hydrogens (tertiary/aromatic N) is 3. The zero-order valence-electron chi connectivity index (χ0n) is 18.1. The minimum Gasteiger partial charge on any atom is -0.489 e. The summed E-state index contributed by atoms with van der Waals surface area (Å²) in [5.41, 5.74) is 8.65. The molecule has 0 bridgehead atoms. The Kier molecular flexibility index (Phi) is 8.57. The van der Waals surface area contributed by atoms with E-state index in [1.54, 1.807) is 14.1 Å². The van der Waals surface area contributed by atoms with Gasteiger partial charge in [0, 0.05) is 20.6 Å². The lowest BCUT2D eigenvalue weighted by Gasteiger charge is -2.24. The molecule has 162 valence electrons.